The minimum Gasteiger partial charge on any atom is -0.0819 e. The van der Waals surface area contributed by atoms with Crippen molar-refractivity contribution < 1.29 is 0 Å². The van der Waals surface area contributed by atoms with Crippen LogP contribution in [0.2, 0.25) is 0 Å². The fraction of sp³-hybridized carbons (Fsp3) is 0.867. The number of rotatable bonds is 5. The summed E-state index contributed by atoms with van der Waals surface area (Å²) < 4.78 is 0. The maximum absolute atomic E-state index is 2.57. The highest BCUT2D eigenvalue weighted by atomic mass is 14.3. The Morgan fingerprint density at radius 3 is 2.07 bits per heavy atom. The van der Waals surface area contributed by atoms with E-state index in [1.807, 2.05) is 0 Å². The molecule has 0 saturated heterocycles. The van der Waals surface area contributed by atoms with E-state index in [9.17, 15) is 0 Å². The summed E-state index contributed by atoms with van der Waals surface area (Å²) in [7, 11) is 0. The number of hydrogen-bond donors (Lipinski definition) is 0. The molecule has 0 heteroatoms. The van der Waals surface area contributed by atoms with Gasteiger partial charge < -0.3 is 0 Å². The second-order valence-electron chi connectivity index (χ2n) is 5.37. The van der Waals surface area contributed by atoms with Gasteiger partial charge in [-0.3, -0.25) is 0 Å². The summed E-state index contributed by atoms with van der Waals surface area (Å²) in [5.41, 5.74) is 1.77. The van der Waals surface area contributed by atoms with Crippen LogP contribution in [-0.4, -0.2) is 0 Å². The van der Waals surface area contributed by atoms with Crippen LogP contribution in [0.15, 0.2) is 11.6 Å². The molecule has 0 fully saturated rings. The van der Waals surface area contributed by atoms with Gasteiger partial charge in [-0.2, -0.15) is 0 Å². The van der Waals surface area contributed by atoms with Gasteiger partial charge in [-0.05, 0) is 36.5 Å². The molecule has 0 saturated carbocycles. The second kappa shape index (κ2) is 5.72. The van der Waals surface area contributed by atoms with Gasteiger partial charge in [0, 0.05) is 0 Å². The summed E-state index contributed by atoms with van der Waals surface area (Å²) in [4.78, 5) is 0. The highest BCUT2D eigenvalue weighted by Gasteiger charge is 2.27. The fourth-order valence-electron chi connectivity index (χ4n) is 3.16. The summed E-state index contributed by atoms with van der Waals surface area (Å²) in [6.07, 6.45) is 7.94. The largest absolute Gasteiger partial charge is 0.0819 e. The fourth-order valence-corrected chi connectivity index (χ4v) is 3.16. The molecule has 0 amide bonds. The lowest BCUT2D eigenvalue weighted by Gasteiger charge is -2.26. The Balaban J connectivity index is 2.71. The van der Waals surface area contributed by atoms with Crippen LogP contribution in [0.4, 0.5) is 0 Å². The van der Waals surface area contributed by atoms with Gasteiger partial charge in [0.05, 0.1) is 0 Å². The van der Waals surface area contributed by atoms with Gasteiger partial charge in [-0.1, -0.05) is 59.1 Å². The lowest BCUT2D eigenvalue weighted by atomic mass is 9.80. The topological polar surface area (TPSA) is 0 Å². The van der Waals surface area contributed by atoms with Crippen LogP contribution < -0.4 is 0 Å². The van der Waals surface area contributed by atoms with Crippen LogP contribution in [0.5, 0.6) is 0 Å². The second-order valence-corrected chi connectivity index (χ2v) is 5.37. The van der Waals surface area contributed by atoms with Crippen LogP contribution in [0.25, 0.3) is 0 Å². The lowest BCUT2D eigenvalue weighted by molar-refractivity contribution is 0.336. The standard InChI is InChI=1S/C15H28/c1-6-13(7-2)15(8-3)14-9-11(4)12(5)10-14/h9,11-13,15H,6-8,10H2,1-5H3. The predicted octanol–water partition coefficient (Wildman–Crippen LogP) is 5.05. The Kier molecular flexibility index (Phi) is 4.89. The van der Waals surface area contributed by atoms with Crippen molar-refractivity contribution in [1.82, 2.24) is 0 Å². The van der Waals surface area contributed by atoms with Crippen molar-refractivity contribution >= 4 is 0 Å². The average molecular weight is 208 g/mol. The average Bonchev–Trinajstić information content (AvgIpc) is 2.55. The van der Waals surface area contributed by atoms with E-state index in [1.165, 1.54) is 25.7 Å². The highest BCUT2D eigenvalue weighted by molar-refractivity contribution is 5.16. The first-order valence-corrected chi connectivity index (χ1v) is 6.84. The third-order valence-corrected chi connectivity index (χ3v) is 4.47. The van der Waals surface area contributed by atoms with Crippen molar-refractivity contribution in [2.45, 2.75) is 60.3 Å². The third-order valence-electron chi connectivity index (χ3n) is 4.47. The van der Waals surface area contributed by atoms with E-state index in [1.54, 1.807) is 5.57 Å². The van der Waals surface area contributed by atoms with Crippen molar-refractivity contribution in [2.75, 3.05) is 0 Å². The number of hydrogen-bond acceptors (Lipinski definition) is 0. The molecule has 88 valence electrons. The molecule has 1 rings (SSSR count). The van der Waals surface area contributed by atoms with Crippen molar-refractivity contribution in [1.29, 1.82) is 0 Å². The van der Waals surface area contributed by atoms with Gasteiger partial charge in [0.1, 0.15) is 0 Å². The maximum Gasteiger partial charge on any atom is -0.0177 e. The SMILES string of the molecule is CCC(CC)C(CC)C1=CC(C)C(C)C1. The van der Waals surface area contributed by atoms with E-state index in [2.05, 4.69) is 40.7 Å². The molecule has 0 aromatic rings. The van der Waals surface area contributed by atoms with Crippen molar-refractivity contribution in [3.05, 3.63) is 11.6 Å². The zero-order valence-corrected chi connectivity index (χ0v) is 11.2. The molecular weight excluding hydrogens is 180 g/mol. The van der Waals surface area contributed by atoms with E-state index in [4.69, 9.17) is 0 Å². The summed E-state index contributed by atoms with van der Waals surface area (Å²) >= 11 is 0. The van der Waals surface area contributed by atoms with E-state index in [-0.39, 0.29) is 0 Å². The van der Waals surface area contributed by atoms with Crippen LogP contribution in [0.1, 0.15) is 60.3 Å². The Morgan fingerprint density at radius 2 is 1.73 bits per heavy atom. The van der Waals surface area contributed by atoms with Crippen molar-refractivity contribution in [2.24, 2.45) is 23.7 Å². The molecule has 0 N–H and O–H groups in total. The lowest BCUT2D eigenvalue weighted by Crippen LogP contribution is -2.14. The van der Waals surface area contributed by atoms with Crippen molar-refractivity contribution in [3.63, 3.8) is 0 Å². The Hall–Kier alpha value is -0.260. The molecule has 0 bridgehead atoms. The van der Waals surface area contributed by atoms with E-state index >= 15 is 0 Å². The minimum atomic E-state index is 0.809. The van der Waals surface area contributed by atoms with Gasteiger partial charge in [0.15, 0.2) is 0 Å². The van der Waals surface area contributed by atoms with Crippen LogP contribution in [-0.2, 0) is 0 Å². The summed E-state index contributed by atoms with van der Waals surface area (Å²) in [6, 6.07) is 0. The Bertz CT molecular complexity index is 210. The molecule has 1 aliphatic rings. The molecular formula is C15H28. The first-order chi connectivity index (χ1) is 7.13. The molecule has 0 nitrogen and oxygen atoms in total. The van der Waals surface area contributed by atoms with Gasteiger partial charge >= 0.3 is 0 Å². The predicted molar refractivity (Wildman–Crippen MR) is 68.9 cm³/mol. The van der Waals surface area contributed by atoms with E-state index in [0.717, 1.165) is 23.7 Å². The molecule has 0 radical (unpaired) electrons. The third kappa shape index (κ3) is 2.86. The number of allylic oxidation sites excluding steroid dienone is 2. The highest BCUT2D eigenvalue weighted by Crippen LogP contribution is 2.39. The molecule has 0 aromatic carbocycles. The van der Waals surface area contributed by atoms with E-state index in [0.29, 0.717) is 0 Å². The molecule has 0 aromatic heterocycles. The van der Waals surface area contributed by atoms with Crippen LogP contribution >= 0.6 is 0 Å². The summed E-state index contributed by atoms with van der Waals surface area (Å²) in [5.74, 6) is 3.47. The molecule has 0 heterocycles. The molecule has 0 aliphatic heterocycles. The molecule has 15 heavy (non-hydrogen) atoms. The van der Waals surface area contributed by atoms with Gasteiger partial charge in [-0.25, -0.2) is 0 Å². The molecule has 0 spiro atoms. The van der Waals surface area contributed by atoms with Crippen molar-refractivity contribution in [3.8, 4) is 0 Å². The Morgan fingerprint density at radius 1 is 1.13 bits per heavy atom. The summed E-state index contributed by atoms with van der Waals surface area (Å²) in [6.45, 7) is 11.8. The zero-order valence-electron chi connectivity index (χ0n) is 11.2. The Labute approximate surface area is 96.2 Å². The molecule has 3 unspecified atom stereocenters. The van der Waals surface area contributed by atoms with Gasteiger partial charge in [0.2, 0.25) is 0 Å². The first kappa shape index (κ1) is 12.8. The quantitative estimate of drug-likeness (QED) is 0.555. The van der Waals surface area contributed by atoms with Crippen LogP contribution in [0, 0.1) is 23.7 Å². The zero-order chi connectivity index (χ0) is 11.4. The van der Waals surface area contributed by atoms with Gasteiger partial charge in [0.25, 0.3) is 0 Å². The summed E-state index contributed by atoms with van der Waals surface area (Å²) in [5, 5.41) is 0. The molecule has 3 atom stereocenters. The smallest absolute Gasteiger partial charge is 0.0177 e. The van der Waals surface area contributed by atoms with Crippen LogP contribution in [0.3, 0.4) is 0 Å². The van der Waals surface area contributed by atoms with Gasteiger partial charge in [-0.15, -0.1) is 0 Å². The minimum absolute atomic E-state index is 0.809. The molecule has 1 aliphatic carbocycles. The normalized spacial score (nSPS) is 28.3. The van der Waals surface area contributed by atoms with E-state index < -0.39 is 0 Å². The maximum atomic E-state index is 2.57. The monoisotopic (exact) mass is 208 g/mol. The first-order valence-electron chi connectivity index (χ1n) is 6.84.